The molecule has 2 N–H and O–H groups in total. The van der Waals surface area contributed by atoms with Crippen LogP contribution in [0.25, 0.3) is 11.3 Å². The number of benzene rings is 1. The summed E-state index contributed by atoms with van der Waals surface area (Å²) in [6, 6.07) is 12.1. The number of halogens is 1. The van der Waals surface area contributed by atoms with E-state index in [-0.39, 0.29) is 17.4 Å². The van der Waals surface area contributed by atoms with Crippen molar-refractivity contribution in [2.24, 2.45) is 18.2 Å². The van der Waals surface area contributed by atoms with Gasteiger partial charge in [-0.25, -0.2) is 0 Å². The van der Waals surface area contributed by atoms with Crippen molar-refractivity contribution in [3.05, 3.63) is 46.6 Å². The zero-order valence-electron chi connectivity index (χ0n) is 14.4. The lowest BCUT2D eigenvalue weighted by Crippen LogP contribution is -2.54. The molecule has 3 rings (SSSR count). The number of carbonyl (C=O) groups excluding carboxylic acids is 1. The maximum absolute atomic E-state index is 13.0. The Morgan fingerprint density at radius 2 is 1.96 bits per heavy atom. The lowest BCUT2D eigenvalue weighted by atomic mass is 9.79. The maximum Gasteiger partial charge on any atom is 0.270 e. The van der Waals surface area contributed by atoms with Crippen molar-refractivity contribution in [2.75, 3.05) is 13.1 Å². The third-order valence-corrected chi connectivity index (χ3v) is 5.78. The molecule has 1 aliphatic heterocycles. The van der Waals surface area contributed by atoms with Crippen molar-refractivity contribution >= 4 is 21.8 Å². The first-order valence-corrected chi connectivity index (χ1v) is 9.06. The quantitative estimate of drug-likeness (QED) is 0.851. The number of nitrogens with two attached hydrogens (primary N) is 1. The zero-order chi connectivity index (χ0) is 17.5. The van der Waals surface area contributed by atoms with E-state index in [2.05, 4.69) is 35.8 Å². The smallest absolute Gasteiger partial charge is 0.270 e. The fourth-order valence-corrected chi connectivity index (χ4v) is 3.86. The second-order valence-electron chi connectivity index (χ2n) is 7.25. The van der Waals surface area contributed by atoms with Gasteiger partial charge in [0.2, 0.25) is 0 Å². The largest absolute Gasteiger partial charge is 0.340 e. The van der Waals surface area contributed by atoms with Crippen LogP contribution in [0.2, 0.25) is 0 Å². The van der Waals surface area contributed by atoms with Gasteiger partial charge in [0, 0.05) is 41.9 Å². The van der Waals surface area contributed by atoms with Gasteiger partial charge < -0.3 is 15.2 Å². The summed E-state index contributed by atoms with van der Waals surface area (Å²) in [6.07, 6.45) is 0.847. The summed E-state index contributed by atoms with van der Waals surface area (Å²) in [7, 11) is 1.95. The molecular weight excluding hydrogens is 366 g/mol. The SMILES string of the molecule is Cn1c(C(=O)N2CCC(N)C(C)(C)C2)ccc1-c1ccccc1Br. The highest BCUT2D eigenvalue weighted by molar-refractivity contribution is 9.10. The average Bonchev–Trinajstić information content (AvgIpc) is 2.91. The van der Waals surface area contributed by atoms with Crippen LogP contribution in [-0.4, -0.2) is 34.5 Å². The molecule has 1 fully saturated rings. The molecule has 24 heavy (non-hydrogen) atoms. The third-order valence-electron chi connectivity index (χ3n) is 5.09. The summed E-state index contributed by atoms with van der Waals surface area (Å²) in [6.45, 7) is 5.69. The Bertz CT molecular complexity index is 766. The molecule has 128 valence electrons. The molecule has 0 radical (unpaired) electrons. The molecule has 1 atom stereocenters. The molecule has 2 heterocycles. The zero-order valence-corrected chi connectivity index (χ0v) is 16.0. The molecule has 0 aliphatic carbocycles. The van der Waals surface area contributed by atoms with Crippen molar-refractivity contribution in [1.29, 1.82) is 0 Å². The van der Waals surface area contributed by atoms with Crippen LogP contribution in [0.15, 0.2) is 40.9 Å². The number of amides is 1. The second-order valence-corrected chi connectivity index (χ2v) is 8.11. The maximum atomic E-state index is 13.0. The molecule has 1 amide bonds. The van der Waals surface area contributed by atoms with Gasteiger partial charge in [0.05, 0.1) is 0 Å². The Hall–Kier alpha value is -1.59. The van der Waals surface area contributed by atoms with Crippen molar-refractivity contribution in [2.45, 2.75) is 26.3 Å². The lowest BCUT2D eigenvalue weighted by molar-refractivity contribution is 0.0524. The van der Waals surface area contributed by atoms with Crippen molar-refractivity contribution in [3.8, 4) is 11.3 Å². The molecule has 1 unspecified atom stereocenters. The van der Waals surface area contributed by atoms with E-state index in [4.69, 9.17) is 5.73 Å². The summed E-state index contributed by atoms with van der Waals surface area (Å²) in [5, 5.41) is 0. The van der Waals surface area contributed by atoms with E-state index in [1.165, 1.54) is 0 Å². The van der Waals surface area contributed by atoms with Crippen LogP contribution >= 0.6 is 15.9 Å². The molecule has 5 heteroatoms. The minimum absolute atomic E-state index is 0.0512. The summed E-state index contributed by atoms with van der Waals surface area (Å²) in [5.74, 6) is 0.0794. The molecule has 1 aromatic carbocycles. The minimum atomic E-state index is -0.0512. The van der Waals surface area contributed by atoms with Crippen molar-refractivity contribution < 1.29 is 4.79 Å². The van der Waals surface area contributed by atoms with E-state index < -0.39 is 0 Å². The number of likely N-dealkylation sites (tertiary alicyclic amines) is 1. The fourth-order valence-electron chi connectivity index (χ4n) is 3.37. The van der Waals surface area contributed by atoms with Crippen LogP contribution < -0.4 is 5.73 Å². The van der Waals surface area contributed by atoms with Gasteiger partial charge in [-0.1, -0.05) is 48.0 Å². The molecular formula is C19H24BrN3O. The number of hydrogen-bond donors (Lipinski definition) is 1. The highest BCUT2D eigenvalue weighted by atomic mass is 79.9. The van der Waals surface area contributed by atoms with Crippen LogP contribution in [0, 0.1) is 5.41 Å². The number of rotatable bonds is 2. The first-order valence-electron chi connectivity index (χ1n) is 8.27. The predicted octanol–water partition coefficient (Wildman–Crippen LogP) is 3.65. The van der Waals surface area contributed by atoms with E-state index in [1.54, 1.807) is 0 Å². The van der Waals surface area contributed by atoms with E-state index in [9.17, 15) is 4.79 Å². The Morgan fingerprint density at radius 3 is 2.62 bits per heavy atom. The van der Waals surface area contributed by atoms with Gasteiger partial charge in [0.1, 0.15) is 5.69 Å². The lowest BCUT2D eigenvalue weighted by Gasteiger charge is -2.42. The standard InChI is InChI=1S/C19H24BrN3O/c1-19(2)12-23(11-10-17(19)21)18(24)16-9-8-15(22(16)3)13-6-4-5-7-14(13)20/h4-9,17H,10-12,21H2,1-3H3. The number of hydrogen-bond acceptors (Lipinski definition) is 2. The first-order chi connectivity index (χ1) is 11.3. The number of carbonyl (C=O) groups is 1. The van der Waals surface area contributed by atoms with E-state index >= 15 is 0 Å². The summed E-state index contributed by atoms with van der Waals surface area (Å²) in [5.41, 5.74) is 8.97. The number of nitrogens with zero attached hydrogens (tertiary/aromatic N) is 2. The van der Waals surface area contributed by atoms with Crippen molar-refractivity contribution in [1.82, 2.24) is 9.47 Å². The minimum Gasteiger partial charge on any atom is -0.340 e. The van der Waals surface area contributed by atoms with Gasteiger partial charge in [-0.3, -0.25) is 4.79 Å². The second kappa shape index (κ2) is 6.37. The van der Waals surface area contributed by atoms with Crippen LogP contribution in [0.3, 0.4) is 0 Å². The number of piperidine rings is 1. The molecule has 1 aliphatic rings. The topological polar surface area (TPSA) is 51.3 Å². The van der Waals surface area contributed by atoms with Crippen molar-refractivity contribution in [3.63, 3.8) is 0 Å². The summed E-state index contributed by atoms with van der Waals surface area (Å²) < 4.78 is 3.00. The third kappa shape index (κ3) is 3.03. The van der Waals surface area contributed by atoms with Gasteiger partial charge in [0.15, 0.2) is 0 Å². The first kappa shape index (κ1) is 17.2. The molecule has 2 aromatic rings. The van der Waals surface area contributed by atoms with Crippen LogP contribution in [-0.2, 0) is 7.05 Å². The molecule has 0 spiro atoms. The molecule has 1 aromatic heterocycles. The van der Waals surface area contributed by atoms with E-state index in [0.29, 0.717) is 12.2 Å². The van der Waals surface area contributed by atoms with Crippen LogP contribution in [0.1, 0.15) is 30.8 Å². The Balaban J connectivity index is 1.89. The Morgan fingerprint density at radius 1 is 1.25 bits per heavy atom. The highest BCUT2D eigenvalue weighted by Crippen LogP contribution is 2.31. The summed E-state index contributed by atoms with van der Waals surface area (Å²) >= 11 is 3.59. The van der Waals surface area contributed by atoms with Gasteiger partial charge in [-0.2, -0.15) is 0 Å². The molecule has 1 saturated heterocycles. The van der Waals surface area contributed by atoms with Crippen LogP contribution in [0.4, 0.5) is 0 Å². The number of aromatic nitrogens is 1. The Labute approximate surface area is 151 Å². The average molecular weight is 390 g/mol. The predicted molar refractivity (Wildman–Crippen MR) is 101 cm³/mol. The van der Waals surface area contributed by atoms with Gasteiger partial charge in [-0.15, -0.1) is 0 Å². The van der Waals surface area contributed by atoms with E-state index in [0.717, 1.165) is 28.7 Å². The molecule has 0 saturated carbocycles. The Kier molecular flexibility index (Phi) is 4.58. The fraction of sp³-hybridized carbons (Fsp3) is 0.421. The van der Waals surface area contributed by atoms with Gasteiger partial charge >= 0.3 is 0 Å². The molecule has 0 bridgehead atoms. The van der Waals surface area contributed by atoms with Gasteiger partial charge in [0.25, 0.3) is 5.91 Å². The van der Waals surface area contributed by atoms with Crippen LogP contribution in [0.5, 0.6) is 0 Å². The van der Waals surface area contributed by atoms with E-state index in [1.807, 2.05) is 46.8 Å². The molecule has 4 nitrogen and oxygen atoms in total. The normalized spacial score (nSPS) is 20.2. The monoisotopic (exact) mass is 389 g/mol. The van der Waals surface area contributed by atoms with Gasteiger partial charge in [-0.05, 0) is 30.0 Å². The highest BCUT2D eigenvalue weighted by Gasteiger charge is 2.36. The summed E-state index contributed by atoms with van der Waals surface area (Å²) in [4.78, 5) is 14.9.